The fourth-order valence-corrected chi connectivity index (χ4v) is 3.59. The highest BCUT2D eigenvalue weighted by Gasteiger charge is 2.23. The first-order valence-electron chi connectivity index (χ1n) is 7.66. The second-order valence-corrected chi connectivity index (χ2v) is 6.15. The molecule has 2 heterocycles. The van der Waals surface area contributed by atoms with Crippen molar-refractivity contribution < 1.29 is 4.74 Å². The van der Waals surface area contributed by atoms with Crippen molar-refractivity contribution in [3.05, 3.63) is 28.3 Å². The van der Waals surface area contributed by atoms with Crippen LogP contribution in [0.25, 0.3) is 0 Å². The van der Waals surface area contributed by atoms with Gasteiger partial charge in [-0.2, -0.15) is 0 Å². The van der Waals surface area contributed by atoms with E-state index in [1.54, 1.807) is 0 Å². The molecule has 4 heteroatoms. The van der Waals surface area contributed by atoms with Crippen molar-refractivity contribution in [1.29, 1.82) is 0 Å². The van der Waals surface area contributed by atoms with E-state index in [2.05, 4.69) is 23.2 Å². The lowest BCUT2D eigenvalue weighted by molar-refractivity contribution is 0.164. The van der Waals surface area contributed by atoms with Crippen LogP contribution in [0.15, 0.2) is 12.1 Å². The minimum absolute atomic E-state index is 0.629. The average molecular weight is 295 g/mol. The molecule has 2 aliphatic heterocycles. The summed E-state index contributed by atoms with van der Waals surface area (Å²) in [6.45, 7) is 7.28. The van der Waals surface area contributed by atoms with E-state index < -0.39 is 0 Å². The number of nitrogens with one attached hydrogen (secondary N) is 1. The Morgan fingerprint density at radius 1 is 1.45 bits per heavy atom. The van der Waals surface area contributed by atoms with Gasteiger partial charge in [0.05, 0.1) is 6.61 Å². The van der Waals surface area contributed by atoms with Gasteiger partial charge < -0.3 is 10.1 Å². The van der Waals surface area contributed by atoms with Crippen LogP contribution in [0.4, 0.5) is 0 Å². The molecule has 0 aromatic heterocycles. The molecule has 1 saturated heterocycles. The number of rotatable bonds is 4. The highest BCUT2D eigenvalue weighted by Crippen LogP contribution is 2.34. The van der Waals surface area contributed by atoms with E-state index >= 15 is 0 Å². The van der Waals surface area contributed by atoms with E-state index in [0.29, 0.717) is 6.04 Å². The molecule has 20 heavy (non-hydrogen) atoms. The number of fused-ring (bicyclic) bond motifs is 1. The number of hydrogen-bond donors (Lipinski definition) is 1. The van der Waals surface area contributed by atoms with Crippen molar-refractivity contribution in [2.75, 3.05) is 26.2 Å². The van der Waals surface area contributed by atoms with Gasteiger partial charge in [-0.15, -0.1) is 0 Å². The maximum atomic E-state index is 6.25. The van der Waals surface area contributed by atoms with E-state index in [9.17, 15) is 0 Å². The molecule has 1 aromatic rings. The van der Waals surface area contributed by atoms with Crippen LogP contribution in [0.3, 0.4) is 0 Å². The SMILES string of the molecule is CCN(Cc1cc(Cl)cc2c1OCC2)C1CCCNC1. The van der Waals surface area contributed by atoms with E-state index in [-0.39, 0.29) is 0 Å². The predicted octanol–water partition coefficient (Wildman–Crippen LogP) is 2.85. The summed E-state index contributed by atoms with van der Waals surface area (Å²) in [5.41, 5.74) is 2.52. The second-order valence-electron chi connectivity index (χ2n) is 5.71. The summed E-state index contributed by atoms with van der Waals surface area (Å²) >= 11 is 6.25. The van der Waals surface area contributed by atoms with Gasteiger partial charge in [-0.1, -0.05) is 18.5 Å². The lowest BCUT2D eigenvalue weighted by Crippen LogP contribution is -2.45. The van der Waals surface area contributed by atoms with E-state index in [1.165, 1.54) is 24.0 Å². The first-order chi connectivity index (χ1) is 9.78. The van der Waals surface area contributed by atoms with Gasteiger partial charge in [0.15, 0.2) is 0 Å². The molecule has 1 unspecified atom stereocenters. The average Bonchev–Trinajstić information content (AvgIpc) is 2.93. The minimum atomic E-state index is 0.629. The smallest absolute Gasteiger partial charge is 0.127 e. The molecule has 1 atom stereocenters. The number of nitrogens with zero attached hydrogens (tertiary/aromatic N) is 1. The number of piperidine rings is 1. The van der Waals surface area contributed by atoms with E-state index in [4.69, 9.17) is 16.3 Å². The topological polar surface area (TPSA) is 24.5 Å². The molecule has 0 radical (unpaired) electrons. The standard InChI is InChI=1S/C16H23ClN2O/c1-2-19(15-4-3-6-18-10-15)11-13-9-14(17)8-12-5-7-20-16(12)13/h8-9,15,18H,2-7,10-11H2,1H3. The van der Waals surface area contributed by atoms with Crippen molar-refractivity contribution in [2.45, 2.75) is 38.8 Å². The Morgan fingerprint density at radius 2 is 2.35 bits per heavy atom. The third kappa shape index (κ3) is 2.95. The summed E-state index contributed by atoms with van der Waals surface area (Å²) in [6, 6.07) is 4.75. The fraction of sp³-hybridized carbons (Fsp3) is 0.625. The molecule has 2 aliphatic rings. The lowest BCUT2D eigenvalue weighted by Gasteiger charge is -2.34. The third-order valence-electron chi connectivity index (χ3n) is 4.39. The lowest BCUT2D eigenvalue weighted by atomic mass is 10.0. The van der Waals surface area contributed by atoms with Gasteiger partial charge in [-0.25, -0.2) is 0 Å². The maximum Gasteiger partial charge on any atom is 0.127 e. The first kappa shape index (κ1) is 14.2. The van der Waals surface area contributed by atoms with E-state index in [1.807, 2.05) is 6.07 Å². The van der Waals surface area contributed by atoms with Gasteiger partial charge in [0.2, 0.25) is 0 Å². The highest BCUT2D eigenvalue weighted by molar-refractivity contribution is 6.30. The van der Waals surface area contributed by atoms with Crippen LogP contribution in [0, 0.1) is 0 Å². The van der Waals surface area contributed by atoms with Crippen LogP contribution in [0.2, 0.25) is 5.02 Å². The highest BCUT2D eigenvalue weighted by atomic mass is 35.5. The summed E-state index contributed by atoms with van der Waals surface area (Å²) < 4.78 is 5.82. The molecule has 0 saturated carbocycles. The molecule has 0 aliphatic carbocycles. The number of ether oxygens (including phenoxy) is 1. The van der Waals surface area contributed by atoms with Crippen LogP contribution >= 0.6 is 11.6 Å². The number of benzene rings is 1. The Balaban J connectivity index is 1.78. The van der Waals surface area contributed by atoms with Gasteiger partial charge in [0, 0.05) is 36.1 Å². The maximum absolute atomic E-state index is 6.25. The summed E-state index contributed by atoms with van der Waals surface area (Å²) in [7, 11) is 0. The largest absolute Gasteiger partial charge is 0.493 e. The number of hydrogen-bond acceptors (Lipinski definition) is 3. The van der Waals surface area contributed by atoms with Crippen LogP contribution in [-0.2, 0) is 13.0 Å². The molecular weight excluding hydrogens is 272 g/mol. The van der Waals surface area contributed by atoms with Crippen molar-refractivity contribution in [1.82, 2.24) is 10.2 Å². The molecule has 0 spiro atoms. The number of halogens is 1. The van der Waals surface area contributed by atoms with Crippen molar-refractivity contribution in [2.24, 2.45) is 0 Å². The van der Waals surface area contributed by atoms with Crippen molar-refractivity contribution in [3.63, 3.8) is 0 Å². The summed E-state index contributed by atoms with van der Waals surface area (Å²) in [4.78, 5) is 2.54. The molecule has 110 valence electrons. The number of likely N-dealkylation sites (N-methyl/N-ethyl adjacent to an activating group) is 1. The Hall–Kier alpha value is -0.770. The molecule has 1 aromatic carbocycles. The molecule has 1 N–H and O–H groups in total. The summed E-state index contributed by atoms with van der Waals surface area (Å²) in [5.74, 6) is 1.08. The van der Waals surface area contributed by atoms with Gasteiger partial charge in [0.1, 0.15) is 5.75 Å². The van der Waals surface area contributed by atoms with Crippen LogP contribution in [0.1, 0.15) is 30.9 Å². The van der Waals surface area contributed by atoms with Crippen molar-refractivity contribution in [3.8, 4) is 5.75 Å². The second kappa shape index (κ2) is 6.33. The van der Waals surface area contributed by atoms with Crippen LogP contribution in [0.5, 0.6) is 5.75 Å². The zero-order valence-electron chi connectivity index (χ0n) is 12.1. The molecule has 0 amide bonds. The molecule has 3 nitrogen and oxygen atoms in total. The monoisotopic (exact) mass is 294 g/mol. The Morgan fingerprint density at radius 3 is 3.10 bits per heavy atom. The van der Waals surface area contributed by atoms with Gasteiger partial charge in [0.25, 0.3) is 0 Å². The third-order valence-corrected chi connectivity index (χ3v) is 4.61. The summed E-state index contributed by atoms with van der Waals surface area (Å²) in [6.07, 6.45) is 3.54. The van der Waals surface area contributed by atoms with Crippen LogP contribution < -0.4 is 10.1 Å². The summed E-state index contributed by atoms with van der Waals surface area (Å²) in [5, 5.41) is 4.34. The Kier molecular flexibility index (Phi) is 4.49. The zero-order chi connectivity index (χ0) is 13.9. The Bertz CT molecular complexity index is 472. The van der Waals surface area contributed by atoms with E-state index in [0.717, 1.165) is 50.0 Å². The fourth-order valence-electron chi connectivity index (χ4n) is 3.33. The molecule has 0 bridgehead atoms. The normalized spacial score (nSPS) is 21.9. The quantitative estimate of drug-likeness (QED) is 0.924. The minimum Gasteiger partial charge on any atom is -0.493 e. The molecular formula is C16H23ClN2O. The molecule has 1 fully saturated rings. The predicted molar refractivity (Wildman–Crippen MR) is 82.6 cm³/mol. The van der Waals surface area contributed by atoms with Gasteiger partial charge in [-0.3, -0.25) is 4.90 Å². The van der Waals surface area contributed by atoms with Gasteiger partial charge >= 0.3 is 0 Å². The first-order valence-corrected chi connectivity index (χ1v) is 8.04. The van der Waals surface area contributed by atoms with Crippen molar-refractivity contribution >= 4 is 11.6 Å². The van der Waals surface area contributed by atoms with Gasteiger partial charge in [-0.05, 0) is 43.6 Å². The molecule has 3 rings (SSSR count). The Labute approximate surface area is 126 Å². The zero-order valence-corrected chi connectivity index (χ0v) is 12.9. The van der Waals surface area contributed by atoms with Crippen LogP contribution in [-0.4, -0.2) is 37.2 Å².